The minimum Gasteiger partial charge on any atom is -0.507 e. The van der Waals surface area contributed by atoms with Crippen molar-refractivity contribution in [2.45, 2.75) is 140 Å². The van der Waals surface area contributed by atoms with Crippen LogP contribution in [-0.2, 0) is 14.3 Å². The van der Waals surface area contributed by atoms with Crippen molar-refractivity contribution in [1.29, 1.82) is 0 Å². The minimum atomic E-state index is -0.803. The summed E-state index contributed by atoms with van der Waals surface area (Å²) in [5.41, 5.74) is 14.5. The summed E-state index contributed by atoms with van der Waals surface area (Å²) in [6.45, 7) is 14.4. The highest BCUT2D eigenvalue weighted by molar-refractivity contribution is 7.13. The Morgan fingerprint density at radius 2 is 1.59 bits per heavy atom. The number of hydrogen-bond donors (Lipinski definition) is 4. The van der Waals surface area contributed by atoms with E-state index >= 15 is 0 Å². The van der Waals surface area contributed by atoms with Gasteiger partial charge in [0.05, 0.1) is 51.8 Å². The number of fused-ring (bicyclic) bond motifs is 2. The Hall–Kier alpha value is -6.87. The van der Waals surface area contributed by atoms with Gasteiger partial charge < -0.3 is 59.8 Å². The Morgan fingerprint density at radius 3 is 2.31 bits per heavy atom. The van der Waals surface area contributed by atoms with Gasteiger partial charge in [-0.05, 0) is 99.6 Å². The van der Waals surface area contributed by atoms with Crippen molar-refractivity contribution in [2.24, 2.45) is 11.8 Å². The fraction of sp³-hybridized carbons (Fsp3) is 0.525. The van der Waals surface area contributed by atoms with E-state index in [0.717, 1.165) is 136 Å². The van der Waals surface area contributed by atoms with E-state index in [1.165, 1.54) is 4.90 Å². The number of aromatic nitrogens is 5. The highest BCUT2D eigenvalue weighted by Gasteiger charge is 2.45. The van der Waals surface area contributed by atoms with Gasteiger partial charge in [-0.25, -0.2) is 9.97 Å². The lowest BCUT2D eigenvalue weighted by Crippen LogP contribution is -2.54. The molecule has 81 heavy (non-hydrogen) atoms. The Bertz CT molecular complexity index is 3140. The van der Waals surface area contributed by atoms with E-state index in [2.05, 4.69) is 62.4 Å². The standard InChI is InChI=1S/C61H76N12O7S/c1-36(2)57(61(77)72-34-45(74)26-52(72)60(76)65-37(3)40-9-11-41(12-10-40)58-38(4)64-35-81-58)54-30-55(68-80-54)70-23-16-39(17-24-70)31-69-21-18-46(19-22-69)78-47-27-48(28-47)79-56-25-42(15-20-63-56)73-43-13-14-44(73)33-71(32-43)51-29-50(66-67-59(51)62)49-7-5-6-8-53(49)75/h5-12,15,20,25,29-30,35-37,39,43-48,52,57,74-75H,13-14,16-19,21-24,26-28,31-34H2,1-4H3,(H2,62,67)(H,65,76)/t37-,43?,44?,45-,47?,48?,52-,57+/m0/s1. The number of amides is 2. The van der Waals surface area contributed by atoms with E-state index < -0.39 is 18.1 Å². The molecule has 2 aromatic carbocycles. The number of piperazine rings is 1. The number of pyridine rings is 1. The first-order valence-electron chi connectivity index (χ1n) is 29.2. The maximum Gasteiger partial charge on any atom is 0.243 e. The number of nitrogens with two attached hydrogens (primary N) is 1. The van der Waals surface area contributed by atoms with Crippen molar-refractivity contribution >= 4 is 46.2 Å². The number of piperidine rings is 2. The third-order valence-corrected chi connectivity index (χ3v) is 18.9. The number of benzene rings is 2. The van der Waals surface area contributed by atoms with Gasteiger partial charge in [0.1, 0.15) is 23.8 Å². The van der Waals surface area contributed by atoms with E-state index in [1.807, 2.05) is 87.9 Å². The number of phenolic OH excluding ortho intramolecular Hbond substituents is 1. The average Bonchev–Trinajstić information content (AvgIpc) is 4.28. The van der Waals surface area contributed by atoms with Crippen LogP contribution in [0.2, 0.25) is 0 Å². The topological polar surface area (TPSA) is 225 Å². The lowest BCUT2D eigenvalue weighted by molar-refractivity contribution is -0.141. The molecule has 428 valence electrons. The molecule has 5 N–H and O–H groups in total. The zero-order valence-electron chi connectivity index (χ0n) is 46.8. The van der Waals surface area contributed by atoms with Gasteiger partial charge in [-0.2, -0.15) is 0 Å². The fourth-order valence-corrected chi connectivity index (χ4v) is 14.2. The minimum absolute atomic E-state index is 0.0845. The molecule has 19 nitrogen and oxygen atoms in total. The van der Waals surface area contributed by atoms with E-state index in [0.29, 0.717) is 46.7 Å². The second-order valence-electron chi connectivity index (χ2n) is 23.8. The number of nitrogen functional groups attached to an aromatic ring is 1. The van der Waals surface area contributed by atoms with Gasteiger partial charge in [0, 0.05) is 113 Å². The lowest BCUT2D eigenvalue weighted by Gasteiger charge is -2.43. The zero-order chi connectivity index (χ0) is 55.9. The van der Waals surface area contributed by atoms with Crippen LogP contribution in [0.5, 0.6) is 11.6 Å². The van der Waals surface area contributed by atoms with Crippen LogP contribution in [0, 0.1) is 18.8 Å². The van der Waals surface area contributed by atoms with Crippen LogP contribution >= 0.6 is 11.3 Å². The first-order valence-corrected chi connectivity index (χ1v) is 30.1. The van der Waals surface area contributed by atoms with Crippen molar-refractivity contribution < 1.29 is 33.8 Å². The van der Waals surface area contributed by atoms with Gasteiger partial charge in [-0.15, -0.1) is 21.5 Å². The van der Waals surface area contributed by atoms with Gasteiger partial charge in [0.2, 0.25) is 17.7 Å². The van der Waals surface area contributed by atoms with Crippen LogP contribution in [0.4, 0.5) is 23.0 Å². The first-order chi connectivity index (χ1) is 39.3. The summed E-state index contributed by atoms with van der Waals surface area (Å²) >= 11 is 1.60. The molecule has 2 bridgehead atoms. The SMILES string of the molecule is Cc1ncsc1-c1ccc([C@H](C)NC(=O)[C@@H]2C[C@H](O)CN2C(=O)[C@@H](c2cc(N3CCC(CN4CCC(OC5CC(Oc6cc(N7C8CCC7CN(c7cc(-c9ccccc9O)nnc7N)C8)ccn6)C5)CC4)CC3)no2)C(C)C)cc1. The number of carbonyl (C=O) groups is 2. The van der Waals surface area contributed by atoms with Crippen LogP contribution in [0.1, 0.15) is 108 Å². The summed E-state index contributed by atoms with van der Waals surface area (Å²) in [6.07, 6.45) is 9.84. The molecule has 5 saturated heterocycles. The van der Waals surface area contributed by atoms with Gasteiger partial charge >= 0.3 is 0 Å². The highest BCUT2D eigenvalue weighted by Crippen LogP contribution is 2.41. The van der Waals surface area contributed by atoms with E-state index in [4.69, 9.17) is 19.7 Å². The largest absolute Gasteiger partial charge is 0.507 e. The van der Waals surface area contributed by atoms with Crippen LogP contribution in [-0.4, -0.2) is 152 Å². The average molecular weight is 1120 g/mol. The van der Waals surface area contributed by atoms with Crippen LogP contribution < -0.4 is 30.5 Å². The molecule has 12 rings (SSSR count). The maximum absolute atomic E-state index is 14.4. The second kappa shape index (κ2) is 23.5. The summed E-state index contributed by atoms with van der Waals surface area (Å²) in [5.74, 6) is 1.72. The molecular formula is C61H76N12O7S. The number of thiazole rings is 1. The number of rotatable bonds is 17. The van der Waals surface area contributed by atoms with Crippen molar-refractivity contribution in [2.75, 3.05) is 72.8 Å². The van der Waals surface area contributed by atoms with E-state index in [1.54, 1.807) is 23.5 Å². The normalized spacial score (nSPS) is 24.4. The Balaban J connectivity index is 0.564. The number of likely N-dealkylation sites (tertiary alicyclic amines) is 2. The summed E-state index contributed by atoms with van der Waals surface area (Å²) in [4.78, 5) is 49.6. The number of hydrogen-bond acceptors (Lipinski definition) is 18. The summed E-state index contributed by atoms with van der Waals surface area (Å²) in [6, 6.07) is 22.8. The number of carbonyl (C=O) groups excluding carboxylic acids is 2. The predicted octanol–water partition coefficient (Wildman–Crippen LogP) is 7.99. The third-order valence-electron chi connectivity index (χ3n) is 17.9. The number of para-hydroxylation sites is 1. The Labute approximate surface area is 477 Å². The van der Waals surface area contributed by atoms with E-state index in [-0.39, 0.29) is 60.8 Å². The number of nitrogens with zero attached hydrogens (tertiary/aromatic N) is 10. The summed E-state index contributed by atoms with van der Waals surface area (Å²) in [7, 11) is 0. The van der Waals surface area contributed by atoms with Crippen LogP contribution in [0.3, 0.4) is 0 Å². The number of β-amino-alcohol motifs (C(OH)–C–C–N with tert-alkyl or cyclic N) is 1. The van der Waals surface area contributed by atoms with Crippen molar-refractivity contribution in [1.82, 2.24) is 40.4 Å². The number of anilines is 4. The molecule has 4 aromatic heterocycles. The monoisotopic (exact) mass is 1120 g/mol. The molecule has 5 aliphatic heterocycles. The fourth-order valence-electron chi connectivity index (χ4n) is 13.4. The molecule has 1 aliphatic carbocycles. The molecule has 0 radical (unpaired) electrons. The maximum atomic E-state index is 14.4. The molecule has 6 aromatic rings. The van der Waals surface area contributed by atoms with Gasteiger partial charge in [-0.3, -0.25) is 9.59 Å². The Kier molecular flexibility index (Phi) is 15.9. The zero-order valence-corrected chi connectivity index (χ0v) is 47.7. The Morgan fingerprint density at radius 1 is 0.840 bits per heavy atom. The van der Waals surface area contributed by atoms with E-state index in [9.17, 15) is 19.8 Å². The summed E-state index contributed by atoms with van der Waals surface area (Å²) in [5, 5.41) is 37.5. The number of ether oxygens (including phenoxy) is 2. The van der Waals surface area contributed by atoms with Gasteiger partial charge in [-0.1, -0.05) is 55.4 Å². The molecule has 1 saturated carbocycles. The first kappa shape index (κ1) is 54.7. The molecule has 2 unspecified atom stereocenters. The van der Waals surface area contributed by atoms with Gasteiger partial charge in [0.15, 0.2) is 17.4 Å². The third kappa shape index (κ3) is 11.8. The van der Waals surface area contributed by atoms with Crippen molar-refractivity contribution in [3.63, 3.8) is 0 Å². The van der Waals surface area contributed by atoms with Gasteiger partial charge in [0.25, 0.3) is 0 Å². The number of aliphatic hydroxyl groups excluding tert-OH is 1. The molecule has 20 heteroatoms. The molecule has 0 spiro atoms. The molecule has 2 amide bonds. The predicted molar refractivity (Wildman–Crippen MR) is 311 cm³/mol. The molecule has 6 atom stereocenters. The smallest absolute Gasteiger partial charge is 0.243 e. The molecular weight excluding hydrogens is 1040 g/mol. The summed E-state index contributed by atoms with van der Waals surface area (Å²) < 4.78 is 19.1. The van der Waals surface area contributed by atoms with Crippen molar-refractivity contribution in [3.05, 3.63) is 102 Å². The lowest BCUT2D eigenvalue weighted by atomic mass is 9.91. The number of phenols is 1. The quantitative estimate of drug-likeness (QED) is 0.0679. The number of aromatic hydroxyl groups is 1. The number of aliphatic hydroxyl groups is 1. The number of aryl methyl sites for hydroxylation is 1. The molecule has 9 heterocycles. The van der Waals surface area contributed by atoms with Crippen LogP contribution in [0.15, 0.2) is 89.0 Å². The molecule has 6 fully saturated rings. The highest BCUT2D eigenvalue weighted by atomic mass is 32.1. The van der Waals surface area contributed by atoms with Crippen molar-refractivity contribution in [3.8, 4) is 33.3 Å². The van der Waals surface area contributed by atoms with Crippen LogP contribution in [0.25, 0.3) is 21.7 Å². The number of nitrogens with one attached hydrogen (secondary N) is 1. The second-order valence-corrected chi connectivity index (χ2v) is 24.6. The molecule has 6 aliphatic rings.